The SMILES string of the molecule is CCOC(=O)C(C[C@](C)(Br)C1CC=C(C)C(=O)C1)C(=O)OCC. The molecule has 0 bridgehead atoms. The number of ketones is 1. The molecule has 1 unspecified atom stereocenters. The van der Waals surface area contributed by atoms with Crippen LogP contribution in [-0.4, -0.2) is 35.3 Å². The summed E-state index contributed by atoms with van der Waals surface area (Å²) < 4.78 is 9.47. The summed E-state index contributed by atoms with van der Waals surface area (Å²) in [5, 5.41) is 0. The molecule has 1 rings (SSSR count). The molecule has 0 spiro atoms. The number of hydrogen-bond acceptors (Lipinski definition) is 5. The first kappa shape index (κ1) is 19.9. The molecule has 0 fully saturated rings. The van der Waals surface area contributed by atoms with E-state index in [0.29, 0.717) is 6.42 Å². The fourth-order valence-electron chi connectivity index (χ4n) is 2.67. The van der Waals surface area contributed by atoms with Gasteiger partial charge in [-0.25, -0.2) is 0 Å². The number of carbonyl (C=O) groups is 3. The van der Waals surface area contributed by atoms with Crippen molar-refractivity contribution in [3.8, 4) is 0 Å². The normalized spacial score (nSPS) is 20.7. The largest absolute Gasteiger partial charge is 0.465 e. The van der Waals surface area contributed by atoms with Gasteiger partial charge in [-0.1, -0.05) is 22.0 Å². The Morgan fingerprint density at radius 3 is 2.26 bits per heavy atom. The standard InChI is InChI=1S/C17H25BrO5/c1-5-22-15(20)13(16(21)23-6-2)10-17(4,18)12-8-7-11(3)14(19)9-12/h7,12-13H,5-6,8-10H2,1-4H3/t12?,17-/m0/s1. The van der Waals surface area contributed by atoms with Gasteiger partial charge in [0, 0.05) is 10.7 Å². The first-order chi connectivity index (χ1) is 10.7. The van der Waals surface area contributed by atoms with Crippen molar-refractivity contribution in [1.29, 1.82) is 0 Å². The maximum atomic E-state index is 12.1. The van der Waals surface area contributed by atoms with E-state index in [1.807, 2.05) is 19.9 Å². The number of allylic oxidation sites excluding steroid dienone is 2. The number of esters is 2. The summed E-state index contributed by atoms with van der Waals surface area (Å²) in [5.74, 6) is -2.02. The van der Waals surface area contributed by atoms with Gasteiger partial charge in [0.25, 0.3) is 0 Å². The first-order valence-electron chi connectivity index (χ1n) is 7.95. The number of ether oxygens (including phenoxy) is 2. The summed E-state index contributed by atoms with van der Waals surface area (Å²) >= 11 is 3.63. The molecule has 0 aliphatic heterocycles. The molecule has 6 heteroatoms. The van der Waals surface area contributed by atoms with Crippen LogP contribution in [0.25, 0.3) is 0 Å². The number of halogens is 1. The predicted octanol–water partition coefficient (Wildman–Crippen LogP) is 3.20. The van der Waals surface area contributed by atoms with Crippen LogP contribution in [0.1, 0.15) is 47.0 Å². The van der Waals surface area contributed by atoms with Gasteiger partial charge < -0.3 is 9.47 Å². The van der Waals surface area contributed by atoms with Gasteiger partial charge in [0.15, 0.2) is 11.7 Å². The third kappa shape index (κ3) is 5.44. The highest BCUT2D eigenvalue weighted by Crippen LogP contribution is 2.41. The molecule has 0 radical (unpaired) electrons. The minimum absolute atomic E-state index is 0.0186. The second kappa shape index (κ2) is 8.62. The lowest BCUT2D eigenvalue weighted by atomic mass is 9.77. The second-order valence-electron chi connectivity index (χ2n) is 5.99. The minimum Gasteiger partial charge on any atom is -0.465 e. The summed E-state index contributed by atoms with van der Waals surface area (Å²) in [6, 6.07) is 0. The van der Waals surface area contributed by atoms with Crippen LogP contribution >= 0.6 is 15.9 Å². The summed E-state index contributed by atoms with van der Waals surface area (Å²) in [6.07, 6.45) is 3.29. The summed E-state index contributed by atoms with van der Waals surface area (Å²) in [4.78, 5) is 36.2. The zero-order chi connectivity index (χ0) is 17.6. The minimum atomic E-state index is -0.985. The highest BCUT2D eigenvalue weighted by molar-refractivity contribution is 9.10. The molecule has 0 aromatic carbocycles. The van der Waals surface area contributed by atoms with Crippen molar-refractivity contribution < 1.29 is 23.9 Å². The van der Waals surface area contributed by atoms with E-state index >= 15 is 0 Å². The van der Waals surface area contributed by atoms with E-state index in [-0.39, 0.29) is 31.3 Å². The molecule has 0 amide bonds. The Morgan fingerprint density at radius 2 is 1.83 bits per heavy atom. The van der Waals surface area contributed by atoms with Gasteiger partial charge in [-0.2, -0.15) is 0 Å². The smallest absolute Gasteiger partial charge is 0.320 e. The van der Waals surface area contributed by atoms with Crippen molar-refractivity contribution in [2.45, 2.75) is 51.3 Å². The van der Waals surface area contributed by atoms with Gasteiger partial charge in [-0.3, -0.25) is 14.4 Å². The van der Waals surface area contributed by atoms with Crippen molar-refractivity contribution in [3.63, 3.8) is 0 Å². The molecule has 0 aromatic rings. The van der Waals surface area contributed by atoms with Gasteiger partial charge in [-0.05, 0) is 52.0 Å². The third-order valence-corrected chi connectivity index (χ3v) is 5.15. The van der Waals surface area contributed by atoms with Gasteiger partial charge in [-0.15, -0.1) is 0 Å². The highest BCUT2D eigenvalue weighted by Gasteiger charge is 2.42. The Bertz CT molecular complexity index is 477. The maximum absolute atomic E-state index is 12.1. The molecule has 130 valence electrons. The van der Waals surface area contributed by atoms with Crippen LogP contribution in [0.5, 0.6) is 0 Å². The Balaban J connectivity index is 2.89. The molecule has 0 saturated carbocycles. The summed E-state index contributed by atoms with van der Waals surface area (Å²) in [5.41, 5.74) is 0.775. The second-order valence-corrected chi connectivity index (χ2v) is 7.80. The fourth-order valence-corrected chi connectivity index (χ4v) is 3.35. The maximum Gasteiger partial charge on any atom is 0.320 e. The number of carbonyl (C=O) groups excluding carboxylic acids is 3. The van der Waals surface area contributed by atoms with E-state index in [2.05, 4.69) is 15.9 Å². The lowest BCUT2D eigenvalue weighted by molar-refractivity contribution is -0.162. The molecule has 0 heterocycles. The van der Waals surface area contributed by atoms with Crippen molar-refractivity contribution in [3.05, 3.63) is 11.6 Å². The van der Waals surface area contributed by atoms with E-state index < -0.39 is 22.2 Å². The third-order valence-electron chi connectivity index (χ3n) is 4.18. The molecular weight excluding hydrogens is 364 g/mol. The average molecular weight is 389 g/mol. The lowest BCUT2D eigenvalue weighted by Gasteiger charge is -2.35. The number of Topliss-reactive ketones (excluding diaryl/α,β-unsaturated/α-hetero) is 1. The number of rotatable bonds is 7. The van der Waals surface area contributed by atoms with Gasteiger partial charge >= 0.3 is 11.9 Å². The first-order valence-corrected chi connectivity index (χ1v) is 8.74. The quantitative estimate of drug-likeness (QED) is 0.380. The zero-order valence-electron chi connectivity index (χ0n) is 14.2. The Hall–Kier alpha value is -1.17. The Morgan fingerprint density at radius 1 is 1.30 bits per heavy atom. The van der Waals surface area contributed by atoms with Gasteiger partial charge in [0.05, 0.1) is 13.2 Å². The Kier molecular flexibility index (Phi) is 7.45. The molecule has 0 aromatic heterocycles. The lowest BCUT2D eigenvalue weighted by Crippen LogP contribution is -2.39. The molecule has 1 aliphatic rings. The Labute approximate surface area is 145 Å². The van der Waals surface area contributed by atoms with Crippen molar-refractivity contribution in [1.82, 2.24) is 0 Å². The van der Waals surface area contributed by atoms with Crippen LogP contribution < -0.4 is 0 Å². The van der Waals surface area contributed by atoms with E-state index in [1.165, 1.54) is 0 Å². The topological polar surface area (TPSA) is 69.7 Å². The van der Waals surface area contributed by atoms with Gasteiger partial charge in [0.1, 0.15) is 0 Å². The van der Waals surface area contributed by atoms with Crippen LogP contribution in [0.3, 0.4) is 0 Å². The van der Waals surface area contributed by atoms with Crippen LogP contribution in [0.15, 0.2) is 11.6 Å². The fraction of sp³-hybridized carbons (Fsp3) is 0.706. The van der Waals surface area contributed by atoms with Crippen molar-refractivity contribution in [2.75, 3.05) is 13.2 Å². The predicted molar refractivity (Wildman–Crippen MR) is 90.2 cm³/mol. The number of alkyl halides is 1. The van der Waals surface area contributed by atoms with Crippen LogP contribution in [-0.2, 0) is 23.9 Å². The average Bonchev–Trinajstić information content (AvgIpc) is 2.48. The zero-order valence-corrected chi connectivity index (χ0v) is 15.8. The molecular formula is C17H25BrO5. The van der Waals surface area contributed by atoms with Crippen LogP contribution in [0, 0.1) is 11.8 Å². The van der Waals surface area contributed by atoms with Gasteiger partial charge in [0.2, 0.25) is 0 Å². The van der Waals surface area contributed by atoms with Crippen molar-refractivity contribution in [2.24, 2.45) is 11.8 Å². The molecule has 2 atom stereocenters. The van der Waals surface area contributed by atoms with E-state index in [9.17, 15) is 14.4 Å². The molecule has 0 saturated heterocycles. The van der Waals surface area contributed by atoms with E-state index in [4.69, 9.17) is 9.47 Å². The molecule has 5 nitrogen and oxygen atoms in total. The summed E-state index contributed by atoms with van der Waals surface area (Å²) in [7, 11) is 0. The molecule has 1 aliphatic carbocycles. The summed E-state index contributed by atoms with van der Waals surface area (Å²) in [6.45, 7) is 7.52. The van der Waals surface area contributed by atoms with Crippen LogP contribution in [0.2, 0.25) is 0 Å². The van der Waals surface area contributed by atoms with Crippen molar-refractivity contribution >= 4 is 33.7 Å². The van der Waals surface area contributed by atoms with E-state index in [0.717, 1.165) is 12.0 Å². The number of hydrogen-bond donors (Lipinski definition) is 0. The van der Waals surface area contributed by atoms with Crippen LogP contribution in [0.4, 0.5) is 0 Å². The molecule has 0 N–H and O–H groups in total. The molecule has 23 heavy (non-hydrogen) atoms. The highest BCUT2D eigenvalue weighted by atomic mass is 79.9. The monoisotopic (exact) mass is 388 g/mol. The van der Waals surface area contributed by atoms with E-state index in [1.54, 1.807) is 13.8 Å².